The van der Waals surface area contributed by atoms with Crippen LogP contribution in [0.25, 0.3) is 0 Å². The summed E-state index contributed by atoms with van der Waals surface area (Å²) >= 11 is 0. The minimum Gasteiger partial charge on any atom is -0.326 e. The summed E-state index contributed by atoms with van der Waals surface area (Å²) in [5, 5.41) is 14.0. The normalized spacial score (nSPS) is 12.6. The van der Waals surface area contributed by atoms with E-state index in [0.717, 1.165) is 17.5 Å². The average Bonchev–Trinajstić information content (AvgIpc) is 2.77. The van der Waals surface area contributed by atoms with Crippen LogP contribution in [0.5, 0.6) is 0 Å². The van der Waals surface area contributed by atoms with Gasteiger partial charge < -0.3 is 10.6 Å². The minimum atomic E-state index is -0.462. The molecule has 3 aromatic carbocycles. The van der Waals surface area contributed by atoms with Gasteiger partial charge in [0.05, 0.1) is 11.3 Å². The first-order valence-electron chi connectivity index (χ1n) is 10.0. The third-order valence-electron chi connectivity index (χ3n) is 5.15. The van der Waals surface area contributed by atoms with Gasteiger partial charge in [-0.2, -0.15) is 5.26 Å². The molecule has 0 heterocycles. The van der Waals surface area contributed by atoms with E-state index in [4.69, 9.17) is 0 Å². The van der Waals surface area contributed by atoms with Crippen molar-refractivity contribution in [3.8, 4) is 6.07 Å². The number of aryl methyl sites for hydroxylation is 1. The van der Waals surface area contributed by atoms with E-state index < -0.39 is 6.04 Å². The van der Waals surface area contributed by atoms with Crippen LogP contribution in [0.15, 0.2) is 72.8 Å². The SMILES string of the molecule is CCc1ccc([C@@H]([NH2+][C@@H](C)C(=O)Nc2ccccc2C#N)c2cccc(F)c2)cc1. The Kier molecular flexibility index (Phi) is 6.95. The van der Waals surface area contributed by atoms with Crippen LogP contribution in [0.4, 0.5) is 10.1 Å². The second-order valence-corrected chi connectivity index (χ2v) is 7.26. The van der Waals surface area contributed by atoms with E-state index >= 15 is 0 Å². The molecular weight excluding hydrogens is 377 g/mol. The van der Waals surface area contributed by atoms with Gasteiger partial charge in [-0.15, -0.1) is 0 Å². The number of carbonyl (C=O) groups excluding carboxylic acids is 1. The number of benzene rings is 3. The lowest BCUT2D eigenvalue weighted by Gasteiger charge is -2.21. The number of halogens is 1. The Morgan fingerprint density at radius 2 is 1.80 bits per heavy atom. The monoisotopic (exact) mass is 402 g/mol. The van der Waals surface area contributed by atoms with Crippen LogP contribution in [0.2, 0.25) is 0 Å². The predicted octanol–water partition coefficient (Wildman–Crippen LogP) is 3.94. The van der Waals surface area contributed by atoms with Crippen LogP contribution < -0.4 is 10.6 Å². The molecule has 0 aliphatic heterocycles. The van der Waals surface area contributed by atoms with Crippen molar-refractivity contribution in [1.82, 2.24) is 0 Å². The van der Waals surface area contributed by atoms with Gasteiger partial charge in [0.1, 0.15) is 17.9 Å². The molecule has 3 aromatic rings. The molecule has 0 saturated heterocycles. The fraction of sp³-hybridized carbons (Fsp3) is 0.200. The first-order valence-corrected chi connectivity index (χ1v) is 10.0. The molecule has 0 bridgehead atoms. The molecule has 3 rings (SSSR count). The summed E-state index contributed by atoms with van der Waals surface area (Å²) in [6, 6.07) is 22.9. The quantitative estimate of drug-likeness (QED) is 0.628. The van der Waals surface area contributed by atoms with Gasteiger partial charge in [-0.3, -0.25) is 4.79 Å². The Balaban J connectivity index is 1.84. The number of nitrogens with one attached hydrogen (secondary N) is 1. The highest BCUT2D eigenvalue weighted by molar-refractivity contribution is 5.94. The number of carbonyl (C=O) groups is 1. The number of amides is 1. The maximum absolute atomic E-state index is 13.9. The lowest BCUT2D eigenvalue weighted by atomic mass is 9.96. The van der Waals surface area contributed by atoms with Crippen LogP contribution in [-0.4, -0.2) is 11.9 Å². The number of hydrogen-bond donors (Lipinski definition) is 2. The molecule has 0 aliphatic carbocycles. The molecule has 4 nitrogen and oxygen atoms in total. The number of nitrogens with two attached hydrogens (primary N) is 1. The third-order valence-corrected chi connectivity index (χ3v) is 5.15. The van der Waals surface area contributed by atoms with Crippen molar-refractivity contribution in [1.29, 1.82) is 5.26 Å². The standard InChI is InChI=1S/C25H24FN3O/c1-3-18-11-13-19(14-12-18)24(20-8-6-9-22(26)15-20)28-17(2)25(30)29-23-10-5-4-7-21(23)16-27/h4-15,17,24,28H,3H2,1-2H3,(H,29,30)/p+1/t17-,24+/m0/s1. The molecule has 2 atom stereocenters. The Labute approximate surface area is 176 Å². The average molecular weight is 402 g/mol. The first kappa shape index (κ1) is 21.2. The summed E-state index contributed by atoms with van der Waals surface area (Å²) in [5.74, 6) is -0.527. The zero-order valence-corrected chi connectivity index (χ0v) is 17.1. The fourth-order valence-corrected chi connectivity index (χ4v) is 3.39. The van der Waals surface area contributed by atoms with Crippen molar-refractivity contribution < 1.29 is 14.5 Å². The summed E-state index contributed by atoms with van der Waals surface area (Å²) in [6.07, 6.45) is 0.936. The van der Waals surface area contributed by atoms with E-state index in [1.807, 2.05) is 23.5 Å². The minimum absolute atomic E-state index is 0.218. The fourth-order valence-electron chi connectivity index (χ4n) is 3.39. The van der Waals surface area contributed by atoms with Crippen LogP contribution in [0, 0.1) is 17.1 Å². The highest BCUT2D eigenvalue weighted by Crippen LogP contribution is 2.21. The van der Waals surface area contributed by atoms with Crippen molar-refractivity contribution in [2.75, 3.05) is 5.32 Å². The van der Waals surface area contributed by atoms with Crippen LogP contribution in [0.1, 0.15) is 42.1 Å². The van der Waals surface area contributed by atoms with Gasteiger partial charge in [-0.05, 0) is 43.2 Å². The molecule has 0 aromatic heterocycles. The topological polar surface area (TPSA) is 69.5 Å². The number of quaternary nitrogens is 1. The number of anilines is 1. The molecular formula is C25H25FN3O+. The predicted molar refractivity (Wildman–Crippen MR) is 115 cm³/mol. The molecule has 0 unspecified atom stereocenters. The first-order chi connectivity index (χ1) is 14.5. The number of nitrogens with zero attached hydrogens (tertiary/aromatic N) is 1. The number of hydrogen-bond acceptors (Lipinski definition) is 2. The molecule has 3 N–H and O–H groups in total. The molecule has 0 spiro atoms. The summed E-state index contributed by atoms with van der Waals surface area (Å²) in [6.45, 7) is 3.90. The number of rotatable bonds is 7. The Bertz CT molecular complexity index is 1060. The van der Waals surface area contributed by atoms with Crippen molar-refractivity contribution >= 4 is 11.6 Å². The summed E-state index contributed by atoms with van der Waals surface area (Å²) in [4.78, 5) is 12.8. The van der Waals surface area contributed by atoms with Gasteiger partial charge in [0.2, 0.25) is 0 Å². The van der Waals surface area contributed by atoms with Crippen LogP contribution >= 0.6 is 0 Å². The highest BCUT2D eigenvalue weighted by atomic mass is 19.1. The smallest absolute Gasteiger partial charge is 0.282 e. The maximum atomic E-state index is 13.9. The molecule has 5 heteroatoms. The highest BCUT2D eigenvalue weighted by Gasteiger charge is 2.25. The van der Waals surface area contributed by atoms with Gasteiger partial charge in [0.25, 0.3) is 5.91 Å². The zero-order valence-electron chi connectivity index (χ0n) is 17.1. The largest absolute Gasteiger partial charge is 0.326 e. The van der Waals surface area contributed by atoms with Gasteiger partial charge in [-0.25, -0.2) is 4.39 Å². The van der Waals surface area contributed by atoms with E-state index in [9.17, 15) is 14.4 Å². The molecule has 0 aliphatic rings. The molecule has 30 heavy (non-hydrogen) atoms. The second-order valence-electron chi connectivity index (χ2n) is 7.26. The Hall–Kier alpha value is -3.49. The number of para-hydroxylation sites is 1. The van der Waals surface area contributed by atoms with Crippen molar-refractivity contribution in [2.24, 2.45) is 0 Å². The van der Waals surface area contributed by atoms with Crippen molar-refractivity contribution in [2.45, 2.75) is 32.4 Å². The summed E-state index contributed by atoms with van der Waals surface area (Å²) in [7, 11) is 0. The lowest BCUT2D eigenvalue weighted by Crippen LogP contribution is -2.92. The molecule has 152 valence electrons. The van der Waals surface area contributed by atoms with Crippen LogP contribution in [0.3, 0.4) is 0 Å². The number of nitriles is 1. The van der Waals surface area contributed by atoms with Crippen LogP contribution in [-0.2, 0) is 11.2 Å². The zero-order chi connectivity index (χ0) is 21.5. The van der Waals surface area contributed by atoms with Gasteiger partial charge in [-0.1, -0.05) is 55.5 Å². The summed E-state index contributed by atoms with van der Waals surface area (Å²) < 4.78 is 13.9. The van der Waals surface area contributed by atoms with E-state index in [2.05, 4.69) is 30.4 Å². The van der Waals surface area contributed by atoms with E-state index in [1.165, 1.54) is 17.7 Å². The van der Waals surface area contributed by atoms with Gasteiger partial charge >= 0.3 is 0 Å². The molecule has 1 amide bonds. The maximum Gasteiger partial charge on any atom is 0.282 e. The Morgan fingerprint density at radius 3 is 2.47 bits per heavy atom. The summed E-state index contributed by atoms with van der Waals surface area (Å²) in [5.41, 5.74) is 3.90. The third kappa shape index (κ3) is 5.11. The van der Waals surface area contributed by atoms with E-state index in [-0.39, 0.29) is 17.8 Å². The van der Waals surface area contributed by atoms with Gasteiger partial charge in [0.15, 0.2) is 6.04 Å². The Morgan fingerprint density at radius 1 is 1.07 bits per heavy atom. The molecule has 0 fully saturated rings. The van der Waals surface area contributed by atoms with E-state index in [1.54, 1.807) is 37.3 Å². The van der Waals surface area contributed by atoms with E-state index in [0.29, 0.717) is 11.3 Å². The molecule has 0 radical (unpaired) electrons. The molecule has 0 saturated carbocycles. The van der Waals surface area contributed by atoms with Gasteiger partial charge in [0, 0.05) is 11.1 Å². The second kappa shape index (κ2) is 9.82. The lowest BCUT2D eigenvalue weighted by molar-refractivity contribution is -0.704. The van der Waals surface area contributed by atoms with Crippen molar-refractivity contribution in [3.63, 3.8) is 0 Å². The van der Waals surface area contributed by atoms with Crippen molar-refractivity contribution in [3.05, 3.63) is 101 Å².